The Morgan fingerprint density at radius 3 is 2.50 bits per heavy atom. The van der Waals surface area contributed by atoms with Crippen molar-refractivity contribution >= 4 is 17.1 Å². The van der Waals surface area contributed by atoms with Crippen LogP contribution in [0.5, 0.6) is 0 Å². The van der Waals surface area contributed by atoms with E-state index in [4.69, 9.17) is 0 Å². The lowest BCUT2D eigenvalue weighted by molar-refractivity contribution is 0.315. The van der Waals surface area contributed by atoms with E-state index in [2.05, 4.69) is 47.9 Å². The van der Waals surface area contributed by atoms with Crippen molar-refractivity contribution in [3.63, 3.8) is 0 Å². The van der Waals surface area contributed by atoms with Crippen molar-refractivity contribution in [3.8, 4) is 0 Å². The summed E-state index contributed by atoms with van der Waals surface area (Å²) in [6.45, 7) is 12.7. The summed E-state index contributed by atoms with van der Waals surface area (Å²) in [7, 11) is 1.62. The smallest absolute Gasteiger partial charge is 0.329 e. The lowest BCUT2D eigenvalue weighted by Gasteiger charge is -2.18. The zero-order chi connectivity index (χ0) is 17.9. The van der Waals surface area contributed by atoms with Crippen LogP contribution in [0.1, 0.15) is 27.7 Å². The van der Waals surface area contributed by atoms with Gasteiger partial charge in [-0.15, -0.1) is 0 Å². The Morgan fingerprint density at radius 1 is 1.25 bits per heavy atom. The normalized spacial score (nSPS) is 11.8. The van der Waals surface area contributed by atoms with Gasteiger partial charge in [0.2, 0.25) is 5.95 Å². The third-order valence-electron chi connectivity index (χ3n) is 4.16. The Labute approximate surface area is 141 Å². The van der Waals surface area contributed by atoms with E-state index in [1.54, 1.807) is 7.05 Å². The molecule has 0 spiro atoms. The third kappa shape index (κ3) is 3.69. The van der Waals surface area contributed by atoms with Crippen molar-refractivity contribution in [2.45, 2.75) is 34.2 Å². The van der Waals surface area contributed by atoms with Crippen LogP contribution in [0.2, 0.25) is 0 Å². The van der Waals surface area contributed by atoms with Crippen LogP contribution < -0.4 is 16.6 Å². The fourth-order valence-electron chi connectivity index (χ4n) is 2.78. The first-order valence-electron chi connectivity index (χ1n) is 8.54. The number of imidazole rings is 1. The fourth-order valence-corrected chi connectivity index (χ4v) is 2.78. The van der Waals surface area contributed by atoms with Gasteiger partial charge in [-0.3, -0.25) is 14.3 Å². The van der Waals surface area contributed by atoms with Crippen molar-refractivity contribution in [3.05, 3.63) is 20.8 Å². The molecular weight excluding hydrogens is 308 g/mol. The number of aromatic nitrogens is 4. The van der Waals surface area contributed by atoms with Gasteiger partial charge in [0.05, 0.1) is 0 Å². The van der Waals surface area contributed by atoms with E-state index < -0.39 is 11.2 Å². The summed E-state index contributed by atoms with van der Waals surface area (Å²) in [5, 5.41) is 3.32. The molecule has 2 aromatic rings. The number of aromatic amines is 1. The molecule has 0 bridgehead atoms. The van der Waals surface area contributed by atoms with Gasteiger partial charge in [0, 0.05) is 26.7 Å². The molecule has 2 N–H and O–H groups in total. The van der Waals surface area contributed by atoms with Crippen LogP contribution in [0.15, 0.2) is 9.59 Å². The van der Waals surface area contributed by atoms with Gasteiger partial charge < -0.3 is 14.8 Å². The number of hydrogen-bond acceptors (Lipinski definition) is 5. The van der Waals surface area contributed by atoms with E-state index in [1.807, 2.05) is 4.57 Å². The number of nitrogens with one attached hydrogen (secondary N) is 2. The van der Waals surface area contributed by atoms with Crippen molar-refractivity contribution in [1.82, 2.24) is 24.0 Å². The van der Waals surface area contributed by atoms with Crippen molar-refractivity contribution in [2.24, 2.45) is 13.0 Å². The van der Waals surface area contributed by atoms with Crippen molar-refractivity contribution < 1.29 is 0 Å². The SMILES string of the molecule is CCN(CC)CCNc1nc2c(c(=O)[nH]c(=O)n2C)n1CC(C)C. The predicted molar refractivity (Wildman–Crippen MR) is 96.7 cm³/mol. The van der Waals surface area contributed by atoms with E-state index in [-0.39, 0.29) is 0 Å². The van der Waals surface area contributed by atoms with Gasteiger partial charge >= 0.3 is 5.69 Å². The van der Waals surface area contributed by atoms with E-state index in [9.17, 15) is 9.59 Å². The predicted octanol–water partition coefficient (Wildman–Crippen LogP) is 0.833. The molecule has 8 nitrogen and oxygen atoms in total. The number of anilines is 1. The molecule has 2 rings (SSSR count). The standard InChI is InChI=1S/C16H28N6O2/c1-6-21(7-2)9-8-17-15-18-13-12(22(15)10-11(3)4)14(23)19-16(24)20(13)5/h11H,6-10H2,1-5H3,(H,17,18)(H,19,23,24). The summed E-state index contributed by atoms with van der Waals surface area (Å²) in [4.78, 5) is 33.3. The van der Waals surface area contributed by atoms with Crippen molar-refractivity contribution in [1.29, 1.82) is 0 Å². The lowest BCUT2D eigenvalue weighted by Crippen LogP contribution is -2.30. The molecule has 0 saturated carbocycles. The molecule has 0 amide bonds. The number of aryl methyl sites for hydroxylation is 1. The summed E-state index contributed by atoms with van der Waals surface area (Å²) < 4.78 is 3.25. The number of rotatable bonds is 8. The largest absolute Gasteiger partial charge is 0.354 e. The first kappa shape index (κ1) is 18.3. The molecule has 24 heavy (non-hydrogen) atoms. The first-order chi connectivity index (χ1) is 11.4. The molecule has 0 aromatic carbocycles. The Bertz CT molecular complexity index is 797. The molecule has 0 aliphatic carbocycles. The van der Waals surface area contributed by atoms with E-state index >= 15 is 0 Å². The minimum atomic E-state index is -0.448. The average molecular weight is 336 g/mol. The summed E-state index contributed by atoms with van der Waals surface area (Å²) in [6, 6.07) is 0. The van der Waals surface area contributed by atoms with E-state index in [1.165, 1.54) is 4.57 Å². The number of nitrogens with zero attached hydrogens (tertiary/aromatic N) is 4. The molecule has 0 aliphatic rings. The van der Waals surface area contributed by atoms with Gasteiger partial charge in [-0.25, -0.2) is 4.79 Å². The first-order valence-corrected chi connectivity index (χ1v) is 8.54. The quantitative estimate of drug-likeness (QED) is 0.745. The Balaban J connectivity index is 2.41. The molecular formula is C16H28N6O2. The van der Waals surface area contributed by atoms with Crippen LogP contribution in [0.4, 0.5) is 5.95 Å². The number of fused-ring (bicyclic) bond motifs is 1. The average Bonchev–Trinajstić information content (AvgIpc) is 2.88. The van der Waals surface area contributed by atoms with Gasteiger partial charge in [0.15, 0.2) is 11.2 Å². The maximum Gasteiger partial charge on any atom is 0.329 e. The van der Waals surface area contributed by atoms with Gasteiger partial charge in [-0.05, 0) is 19.0 Å². The highest BCUT2D eigenvalue weighted by Gasteiger charge is 2.17. The van der Waals surface area contributed by atoms with Gasteiger partial charge in [0.1, 0.15) is 0 Å². The zero-order valence-corrected chi connectivity index (χ0v) is 15.2. The Morgan fingerprint density at radius 2 is 1.92 bits per heavy atom. The second-order valence-corrected chi connectivity index (χ2v) is 6.38. The highest BCUT2D eigenvalue weighted by Crippen LogP contribution is 2.17. The molecule has 2 aromatic heterocycles. The van der Waals surface area contributed by atoms with Crippen LogP contribution in [0.3, 0.4) is 0 Å². The Hall–Kier alpha value is -2.09. The van der Waals surface area contributed by atoms with E-state index in [0.717, 1.165) is 26.2 Å². The third-order valence-corrected chi connectivity index (χ3v) is 4.16. The topological polar surface area (TPSA) is 88.0 Å². The second kappa shape index (κ2) is 7.65. The van der Waals surface area contributed by atoms with Gasteiger partial charge in [0.25, 0.3) is 5.56 Å². The molecule has 8 heteroatoms. The molecule has 0 fully saturated rings. The van der Waals surface area contributed by atoms with Crippen LogP contribution in [0.25, 0.3) is 11.2 Å². The highest BCUT2D eigenvalue weighted by molar-refractivity contribution is 5.74. The minimum Gasteiger partial charge on any atom is -0.354 e. The molecule has 0 aliphatic heterocycles. The molecule has 0 unspecified atom stereocenters. The summed E-state index contributed by atoms with van der Waals surface area (Å²) in [6.07, 6.45) is 0. The summed E-state index contributed by atoms with van der Waals surface area (Å²) in [5.41, 5.74) is 0.0142. The van der Waals surface area contributed by atoms with Crippen LogP contribution >= 0.6 is 0 Å². The second-order valence-electron chi connectivity index (χ2n) is 6.38. The maximum absolute atomic E-state index is 12.3. The van der Waals surface area contributed by atoms with Gasteiger partial charge in [-0.2, -0.15) is 4.98 Å². The number of H-pyrrole nitrogens is 1. The van der Waals surface area contributed by atoms with Crippen LogP contribution in [0, 0.1) is 5.92 Å². The molecule has 0 atom stereocenters. The van der Waals surface area contributed by atoms with E-state index in [0.29, 0.717) is 29.6 Å². The Kier molecular flexibility index (Phi) is 5.82. The van der Waals surface area contributed by atoms with Crippen LogP contribution in [-0.2, 0) is 13.6 Å². The fraction of sp³-hybridized carbons (Fsp3) is 0.688. The van der Waals surface area contributed by atoms with Gasteiger partial charge in [-0.1, -0.05) is 27.7 Å². The van der Waals surface area contributed by atoms with Crippen molar-refractivity contribution in [2.75, 3.05) is 31.5 Å². The maximum atomic E-state index is 12.3. The highest BCUT2D eigenvalue weighted by atomic mass is 16.2. The molecule has 2 heterocycles. The lowest BCUT2D eigenvalue weighted by atomic mass is 10.2. The van der Waals surface area contributed by atoms with Crippen LogP contribution in [-0.4, -0.2) is 50.2 Å². The number of hydrogen-bond donors (Lipinski definition) is 2. The summed E-state index contributed by atoms with van der Waals surface area (Å²) >= 11 is 0. The minimum absolute atomic E-state index is 0.349. The molecule has 134 valence electrons. The molecule has 0 radical (unpaired) electrons. The molecule has 0 saturated heterocycles. The zero-order valence-electron chi connectivity index (χ0n) is 15.2. The summed E-state index contributed by atoms with van der Waals surface area (Å²) in [5.74, 6) is 0.986. The monoisotopic (exact) mass is 336 g/mol. The number of likely N-dealkylation sites (N-methyl/N-ethyl adjacent to an activating group) is 1.